The van der Waals surface area contributed by atoms with Crippen molar-refractivity contribution in [3.8, 4) is 16.8 Å². The third kappa shape index (κ3) is 9.34. The molecule has 314 valence electrons. The van der Waals surface area contributed by atoms with Crippen LogP contribution in [0.3, 0.4) is 0 Å². The van der Waals surface area contributed by atoms with Gasteiger partial charge in [0.1, 0.15) is 23.0 Å². The van der Waals surface area contributed by atoms with E-state index >= 15 is 0 Å². The van der Waals surface area contributed by atoms with Crippen molar-refractivity contribution in [3.05, 3.63) is 159 Å². The Kier molecular flexibility index (Phi) is 12.0. The average molecular weight is 849 g/mol. The van der Waals surface area contributed by atoms with Crippen molar-refractivity contribution in [1.29, 1.82) is 0 Å². The molecule has 0 atom stereocenters. The summed E-state index contributed by atoms with van der Waals surface area (Å²) >= 11 is 0. The second-order valence-corrected chi connectivity index (χ2v) is 16.5. The van der Waals surface area contributed by atoms with Crippen LogP contribution < -0.4 is 21.9 Å². The van der Waals surface area contributed by atoms with Gasteiger partial charge in [-0.1, -0.05) is 54.6 Å². The van der Waals surface area contributed by atoms with Gasteiger partial charge < -0.3 is 15.0 Å². The number of nitrogens with zero attached hydrogens (tertiary/aromatic N) is 6. The van der Waals surface area contributed by atoms with Crippen molar-refractivity contribution in [1.82, 2.24) is 39.0 Å². The minimum Gasteiger partial charge on any atom is -0.348 e. The molecule has 17 heteroatoms. The lowest BCUT2D eigenvalue weighted by Gasteiger charge is -2.30. The number of fused-ring (bicyclic) bond motifs is 2. The van der Waals surface area contributed by atoms with Gasteiger partial charge in [-0.2, -0.15) is 8.42 Å². The van der Waals surface area contributed by atoms with Crippen molar-refractivity contribution < 1.29 is 26.5 Å². The lowest BCUT2D eigenvalue weighted by Crippen LogP contribution is -2.45. The zero-order valence-corrected chi connectivity index (χ0v) is 33.6. The van der Waals surface area contributed by atoms with Crippen LogP contribution in [-0.2, 0) is 16.7 Å². The van der Waals surface area contributed by atoms with E-state index in [4.69, 9.17) is 4.55 Å². The smallest absolute Gasteiger partial charge is 0.337 e. The number of benzene rings is 3. The first-order chi connectivity index (χ1) is 29.4. The van der Waals surface area contributed by atoms with Crippen LogP contribution in [0, 0.1) is 11.6 Å². The lowest BCUT2D eigenvalue weighted by molar-refractivity contribution is 0.0917. The highest BCUT2D eigenvalue weighted by molar-refractivity contribution is 7.85. The number of imidazole rings is 1. The maximum absolute atomic E-state index is 14.5. The van der Waals surface area contributed by atoms with E-state index in [1.54, 1.807) is 24.3 Å². The van der Waals surface area contributed by atoms with E-state index in [2.05, 4.69) is 49.8 Å². The Morgan fingerprint density at radius 2 is 1.57 bits per heavy atom. The van der Waals surface area contributed by atoms with Gasteiger partial charge in [-0.15, -0.1) is 0 Å². The Labute approximate surface area is 348 Å². The number of rotatable bonds is 8. The second kappa shape index (κ2) is 17.7. The van der Waals surface area contributed by atoms with Gasteiger partial charge in [0, 0.05) is 57.2 Å². The van der Waals surface area contributed by atoms with Gasteiger partial charge in [0.05, 0.1) is 22.2 Å². The number of piperazine rings is 1. The second-order valence-electron chi connectivity index (χ2n) is 15.1. The van der Waals surface area contributed by atoms with Crippen LogP contribution in [0.4, 0.5) is 8.78 Å². The van der Waals surface area contributed by atoms with E-state index in [0.717, 1.165) is 56.1 Å². The van der Waals surface area contributed by atoms with Gasteiger partial charge >= 0.3 is 5.69 Å². The molecule has 0 unspecified atom stereocenters. The van der Waals surface area contributed by atoms with Crippen molar-refractivity contribution in [2.75, 3.05) is 26.2 Å². The highest BCUT2D eigenvalue weighted by atomic mass is 32.2. The van der Waals surface area contributed by atoms with Gasteiger partial charge in [0.15, 0.2) is 5.65 Å². The first kappa shape index (κ1) is 41.3. The molecule has 1 saturated heterocycles. The van der Waals surface area contributed by atoms with Crippen molar-refractivity contribution in [2.24, 2.45) is 0 Å². The summed E-state index contributed by atoms with van der Waals surface area (Å²) in [6.45, 7) is 4.88. The molecule has 2 fully saturated rings. The molecule has 9 rings (SSSR count). The molecular formula is C44H42F2N8O6S. The van der Waals surface area contributed by atoms with E-state index in [9.17, 15) is 31.6 Å². The predicted molar refractivity (Wildman–Crippen MR) is 225 cm³/mol. The van der Waals surface area contributed by atoms with E-state index < -0.39 is 39.0 Å². The Morgan fingerprint density at radius 3 is 2.28 bits per heavy atom. The summed E-state index contributed by atoms with van der Waals surface area (Å²) in [5.41, 5.74) is 3.13. The van der Waals surface area contributed by atoms with Gasteiger partial charge in [-0.25, -0.2) is 28.1 Å². The zero-order chi connectivity index (χ0) is 42.7. The fourth-order valence-corrected chi connectivity index (χ4v) is 8.40. The molecule has 0 radical (unpaired) electrons. The Hall–Kier alpha value is -6.40. The average Bonchev–Trinajstić information content (AvgIpc) is 3.69. The van der Waals surface area contributed by atoms with Gasteiger partial charge in [-0.3, -0.25) is 23.6 Å². The number of halogens is 2. The largest absolute Gasteiger partial charge is 0.348 e. The summed E-state index contributed by atoms with van der Waals surface area (Å²) in [4.78, 5) is 52.0. The standard InChI is InChI=1S/C38H36F2N8O3.C6H6O3S/c39-27-8-13-34-44-33(23-46(34)22-27)36(49)43-29-9-11-30(12-10-29)48-37(50)32-19-28(40)20-42-35(32)47(38(48)51)31-3-1-2-26(18-31)25-6-4-24(5-7-25)21-45-16-14-41-15-17-45;7-10(8,9)6-4-2-1-3-5-6/h1-8,13,18-20,22-23,29-30,41H,9-12,14-17,21H2,(H,43,49);1-5H,(H,7,8,9). The minimum absolute atomic E-state index is 0.0102. The van der Waals surface area contributed by atoms with Crippen molar-refractivity contribution >= 4 is 32.7 Å². The number of carbonyl (C=O) groups excluding carboxylic acids is 1. The molecule has 1 saturated carbocycles. The Bertz CT molecular complexity index is 2940. The number of amides is 1. The van der Waals surface area contributed by atoms with Crippen LogP contribution in [0.15, 0.2) is 130 Å². The number of aromatic nitrogens is 5. The third-order valence-corrected chi connectivity index (χ3v) is 11.9. The molecule has 3 aromatic carbocycles. The summed E-state index contributed by atoms with van der Waals surface area (Å²) in [7, 11) is -4.00. The number of hydrogen-bond donors (Lipinski definition) is 3. The molecule has 14 nitrogen and oxygen atoms in total. The number of pyridine rings is 2. The summed E-state index contributed by atoms with van der Waals surface area (Å²) in [5.74, 6) is -1.50. The highest BCUT2D eigenvalue weighted by Crippen LogP contribution is 2.29. The Balaban J connectivity index is 0.000000453. The van der Waals surface area contributed by atoms with E-state index in [1.807, 2.05) is 18.2 Å². The van der Waals surface area contributed by atoms with Crippen LogP contribution in [0.1, 0.15) is 47.8 Å². The molecule has 61 heavy (non-hydrogen) atoms. The van der Waals surface area contributed by atoms with Crippen LogP contribution in [0.2, 0.25) is 0 Å². The van der Waals surface area contributed by atoms with Gasteiger partial charge in [0.2, 0.25) is 0 Å². The first-order valence-corrected chi connectivity index (χ1v) is 21.3. The van der Waals surface area contributed by atoms with Crippen LogP contribution in [0.5, 0.6) is 0 Å². The molecule has 3 N–H and O–H groups in total. The molecule has 2 aliphatic rings. The Morgan fingerprint density at radius 1 is 0.836 bits per heavy atom. The third-order valence-electron chi connectivity index (χ3n) is 11.0. The molecule has 0 spiro atoms. The van der Waals surface area contributed by atoms with Crippen molar-refractivity contribution in [2.45, 2.75) is 49.2 Å². The zero-order valence-electron chi connectivity index (χ0n) is 32.8. The molecule has 1 aliphatic heterocycles. The summed E-state index contributed by atoms with van der Waals surface area (Å²) in [5, 5.41) is 6.38. The SMILES string of the molecule is O=C(NC1CCC(n2c(=O)c3cc(F)cnc3n(-c3cccc(-c4ccc(CN5CCNCC5)cc4)c3)c2=O)CC1)c1cn2cc(F)ccc2n1.O=S(=O)(O)c1ccccc1. The molecule has 4 aromatic heterocycles. The fourth-order valence-electron chi connectivity index (χ4n) is 7.90. The topological polar surface area (TPSA) is 173 Å². The number of carbonyl (C=O) groups is 1. The van der Waals surface area contributed by atoms with E-state index in [0.29, 0.717) is 37.0 Å². The quantitative estimate of drug-likeness (QED) is 0.168. The molecule has 5 heterocycles. The molecule has 1 aliphatic carbocycles. The summed E-state index contributed by atoms with van der Waals surface area (Å²) in [6, 6.07) is 26.5. The molecular weight excluding hydrogens is 807 g/mol. The lowest BCUT2D eigenvalue weighted by atomic mass is 9.90. The molecule has 7 aromatic rings. The van der Waals surface area contributed by atoms with Crippen LogP contribution >= 0.6 is 0 Å². The molecule has 0 bridgehead atoms. The number of hydrogen-bond acceptors (Lipinski definition) is 9. The van der Waals surface area contributed by atoms with Gasteiger partial charge in [0.25, 0.3) is 21.6 Å². The number of nitrogens with one attached hydrogen (secondary N) is 2. The molecule has 1 amide bonds. The maximum atomic E-state index is 14.5. The predicted octanol–water partition coefficient (Wildman–Crippen LogP) is 5.39. The minimum atomic E-state index is -4.00. The van der Waals surface area contributed by atoms with Crippen molar-refractivity contribution in [3.63, 3.8) is 0 Å². The van der Waals surface area contributed by atoms with E-state index in [-0.39, 0.29) is 33.6 Å². The van der Waals surface area contributed by atoms with E-state index in [1.165, 1.54) is 55.8 Å². The van der Waals surface area contributed by atoms with Gasteiger partial charge in [-0.05, 0) is 84.8 Å². The summed E-state index contributed by atoms with van der Waals surface area (Å²) < 4.78 is 61.4. The van der Waals surface area contributed by atoms with Crippen LogP contribution in [-0.4, -0.2) is 79.5 Å². The van der Waals surface area contributed by atoms with Crippen LogP contribution in [0.25, 0.3) is 33.5 Å². The first-order valence-electron chi connectivity index (χ1n) is 19.8. The maximum Gasteiger partial charge on any atom is 0.337 e. The monoisotopic (exact) mass is 848 g/mol. The summed E-state index contributed by atoms with van der Waals surface area (Å²) in [6.07, 6.45) is 5.62. The normalized spacial score (nSPS) is 17.2. The highest BCUT2D eigenvalue weighted by Gasteiger charge is 2.29. The fraction of sp³-hybridized carbons (Fsp3) is 0.250.